The fourth-order valence-electron chi connectivity index (χ4n) is 2.84. The van der Waals surface area contributed by atoms with Gasteiger partial charge in [-0.2, -0.15) is 0 Å². The molecule has 0 aromatic carbocycles. The maximum Gasteiger partial charge on any atom is 0.0498 e. The van der Waals surface area contributed by atoms with Crippen molar-refractivity contribution in [1.82, 2.24) is 0 Å². The molecular formula is C17H32OY. The number of hydrogen-bond acceptors (Lipinski definition) is 1. The summed E-state index contributed by atoms with van der Waals surface area (Å²) < 4.78 is 5.42. The van der Waals surface area contributed by atoms with Crippen molar-refractivity contribution in [3.05, 3.63) is 23.8 Å². The molecule has 0 spiro atoms. The molecular weight excluding hydrogens is 309 g/mol. The van der Waals surface area contributed by atoms with Crippen LogP contribution in [0.3, 0.4) is 0 Å². The van der Waals surface area contributed by atoms with Gasteiger partial charge >= 0.3 is 0 Å². The summed E-state index contributed by atoms with van der Waals surface area (Å²) in [6, 6.07) is 0. The molecule has 0 saturated carbocycles. The van der Waals surface area contributed by atoms with E-state index < -0.39 is 0 Å². The number of ether oxygens (including phenoxy) is 1. The van der Waals surface area contributed by atoms with E-state index in [1.54, 1.807) is 0 Å². The minimum absolute atomic E-state index is 0. The second-order valence-corrected chi connectivity index (χ2v) is 4.83. The third-order valence-electron chi connectivity index (χ3n) is 3.98. The number of rotatable bonds is 7. The van der Waals surface area contributed by atoms with E-state index in [1.165, 1.54) is 18.4 Å². The van der Waals surface area contributed by atoms with Crippen LogP contribution in [0.4, 0.5) is 0 Å². The Labute approximate surface area is 146 Å². The topological polar surface area (TPSA) is 9.23 Å². The minimum atomic E-state index is 0. The Balaban J connectivity index is 0. The molecule has 2 unspecified atom stereocenters. The average molecular weight is 341 g/mol. The molecule has 0 amide bonds. The molecule has 0 aromatic heterocycles. The van der Waals surface area contributed by atoms with Gasteiger partial charge in [0.05, 0.1) is 0 Å². The molecule has 0 aromatic rings. The van der Waals surface area contributed by atoms with Gasteiger partial charge in [0.15, 0.2) is 0 Å². The van der Waals surface area contributed by atoms with Crippen molar-refractivity contribution in [2.75, 3.05) is 13.7 Å². The van der Waals surface area contributed by atoms with Crippen LogP contribution in [0.5, 0.6) is 0 Å². The fraction of sp³-hybridized carbons (Fsp3) is 0.765. The van der Waals surface area contributed by atoms with Crippen LogP contribution in [-0.4, -0.2) is 13.7 Å². The van der Waals surface area contributed by atoms with E-state index >= 15 is 0 Å². The quantitative estimate of drug-likeness (QED) is 0.616. The van der Waals surface area contributed by atoms with E-state index in [2.05, 4.69) is 39.0 Å². The van der Waals surface area contributed by atoms with E-state index in [-0.39, 0.29) is 32.7 Å². The van der Waals surface area contributed by atoms with Crippen LogP contribution in [0.25, 0.3) is 0 Å². The largest absolute Gasteiger partial charge is 0.384 e. The standard InChI is InChI=1S/C15H26O.C2H6.Y/c1-5-13(6-2)15(11-16-4)12(3)14-9-7-8-10-14;1-2;/h7,9-10,12-13,15H,5-6,8,11H2,1-4H3;1-2H3;. The molecule has 2 atom stereocenters. The van der Waals surface area contributed by atoms with Crippen molar-refractivity contribution in [3.63, 3.8) is 0 Å². The zero-order valence-corrected chi connectivity index (χ0v) is 16.6. The maximum absolute atomic E-state index is 5.42. The molecule has 0 aliphatic heterocycles. The predicted octanol–water partition coefficient (Wildman–Crippen LogP) is 5.23. The van der Waals surface area contributed by atoms with Gasteiger partial charge in [0.2, 0.25) is 0 Å². The van der Waals surface area contributed by atoms with Crippen LogP contribution in [-0.2, 0) is 37.4 Å². The van der Waals surface area contributed by atoms with Crippen LogP contribution in [0.2, 0.25) is 0 Å². The van der Waals surface area contributed by atoms with E-state index in [9.17, 15) is 0 Å². The van der Waals surface area contributed by atoms with Crippen molar-refractivity contribution in [1.29, 1.82) is 0 Å². The Bertz CT molecular complexity index is 254. The van der Waals surface area contributed by atoms with Gasteiger partial charge in [0.1, 0.15) is 0 Å². The maximum atomic E-state index is 5.42. The summed E-state index contributed by atoms with van der Waals surface area (Å²) in [6.07, 6.45) is 10.5. The Hall–Kier alpha value is 0.544. The molecule has 109 valence electrons. The molecule has 19 heavy (non-hydrogen) atoms. The SMILES string of the molecule is CC.CCC(CC)C(COC)C(C)C1=CCC=C1.[Y]. The number of methoxy groups -OCH3 is 1. The number of allylic oxidation sites excluding steroid dienone is 4. The zero-order valence-electron chi connectivity index (χ0n) is 13.8. The summed E-state index contributed by atoms with van der Waals surface area (Å²) in [5, 5.41) is 0. The van der Waals surface area contributed by atoms with Crippen molar-refractivity contribution in [2.24, 2.45) is 17.8 Å². The molecule has 0 bridgehead atoms. The molecule has 0 fully saturated rings. The van der Waals surface area contributed by atoms with Crippen LogP contribution >= 0.6 is 0 Å². The van der Waals surface area contributed by atoms with Crippen LogP contribution in [0, 0.1) is 17.8 Å². The minimum Gasteiger partial charge on any atom is -0.384 e. The van der Waals surface area contributed by atoms with Gasteiger partial charge in [-0.3, -0.25) is 0 Å². The zero-order chi connectivity index (χ0) is 14.0. The molecule has 1 aliphatic rings. The third kappa shape index (κ3) is 7.20. The van der Waals surface area contributed by atoms with Crippen molar-refractivity contribution in [3.8, 4) is 0 Å². The molecule has 1 aliphatic carbocycles. The first kappa shape index (κ1) is 21.8. The number of hydrogen-bond donors (Lipinski definition) is 0. The monoisotopic (exact) mass is 341 g/mol. The summed E-state index contributed by atoms with van der Waals surface area (Å²) in [4.78, 5) is 0. The van der Waals surface area contributed by atoms with Crippen molar-refractivity contribution >= 4 is 0 Å². The third-order valence-corrected chi connectivity index (χ3v) is 3.98. The summed E-state index contributed by atoms with van der Waals surface area (Å²) in [7, 11) is 1.82. The van der Waals surface area contributed by atoms with E-state index in [4.69, 9.17) is 4.74 Å². The van der Waals surface area contributed by atoms with Gasteiger partial charge in [0, 0.05) is 46.4 Å². The van der Waals surface area contributed by atoms with E-state index in [0.29, 0.717) is 11.8 Å². The Morgan fingerprint density at radius 2 is 1.79 bits per heavy atom. The van der Waals surface area contributed by atoms with E-state index in [1.807, 2.05) is 21.0 Å². The van der Waals surface area contributed by atoms with Gasteiger partial charge in [0.25, 0.3) is 0 Å². The summed E-state index contributed by atoms with van der Waals surface area (Å²) in [6.45, 7) is 11.8. The van der Waals surface area contributed by atoms with Gasteiger partial charge in [-0.25, -0.2) is 0 Å². The molecule has 0 heterocycles. The molecule has 0 N–H and O–H groups in total. The molecule has 0 saturated heterocycles. The Morgan fingerprint density at radius 3 is 2.16 bits per heavy atom. The van der Waals surface area contributed by atoms with E-state index in [0.717, 1.165) is 18.9 Å². The summed E-state index contributed by atoms with van der Waals surface area (Å²) in [5.41, 5.74) is 1.51. The second-order valence-electron chi connectivity index (χ2n) is 4.83. The van der Waals surface area contributed by atoms with Crippen LogP contribution < -0.4 is 0 Å². The van der Waals surface area contributed by atoms with Crippen molar-refractivity contribution < 1.29 is 37.4 Å². The van der Waals surface area contributed by atoms with Crippen LogP contribution in [0.15, 0.2) is 23.8 Å². The van der Waals surface area contributed by atoms with Crippen molar-refractivity contribution in [2.45, 2.75) is 53.9 Å². The van der Waals surface area contributed by atoms with Gasteiger partial charge < -0.3 is 4.74 Å². The normalized spacial score (nSPS) is 16.3. The average Bonchev–Trinajstić information content (AvgIpc) is 2.94. The Morgan fingerprint density at radius 1 is 1.21 bits per heavy atom. The smallest absolute Gasteiger partial charge is 0.0498 e. The first-order chi connectivity index (χ1) is 8.74. The Kier molecular flexibility index (Phi) is 15.5. The first-order valence-electron chi connectivity index (χ1n) is 7.60. The van der Waals surface area contributed by atoms with Gasteiger partial charge in [-0.05, 0) is 29.7 Å². The molecule has 1 rings (SSSR count). The van der Waals surface area contributed by atoms with Crippen LogP contribution in [0.1, 0.15) is 53.9 Å². The first-order valence-corrected chi connectivity index (χ1v) is 7.60. The molecule has 1 nitrogen and oxygen atoms in total. The van der Waals surface area contributed by atoms with Gasteiger partial charge in [-0.1, -0.05) is 65.7 Å². The second kappa shape index (κ2) is 13.5. The fourth-order valence-corrected chi connectivity index (χ4v) is 2.84. The summed E-state index contributed by atoms with van der Waals surface area (Å²) in [5.74, 6) is 2.07. The molecule has 1 radical (unpaired) electrons. The summed E-state index contributed by atoms with van der Waals surface area (Å²) >= 11 is 0. The molecule has 2 heteroatoms. The predicted molar refractivity (Wildman–Crippen MR) is 81.8 cm³/mol. The van der Waals surface area contributed by atoms with Gasteiger partial charge in [-0.15, -0.1) is 0 Å².